The fourth-order valence-electron chi connectivity index (χ4n) is 3.29. The maximum atomic E-state index is 6.04. The van der Waals surface area contributed by atoms with Gasteiger partial charge in [0, 0.05) is 26.2 Å². The third kappa shape index (κ3) is 7.99. The Hall–Kier alpha value is -0.0400. The Kier molecular flexibility index (Phi) is 11.3. The lowest BCUT2D eigenvalue weighted by Crippen LogP contribution is -2.40. The average molecular weight is 423 g/mol. The molecular weight excluding hydrogens is 389 g/mol. The van der Waals surface area contributed by atoms with Crippen LogP contribution in [0.2, 0.25) is 0 Å². The molecule has 0 aromatic carbocycles. The number of nitrogens with zero attached hydrogens (tertiary/aromatic N) is 2. The molecular formula is C17H34IN3O. The molecule has 1 heterocycles. The van der Waals surface area contributed by atoms with Crippen LogP contribution in [-0.2, 0) is 4.74 Å². The number of rotatable bonds is 7. The van der Waals surface area contributed by atoms with Crippen LogP contribution in [0, 0.1) is 0 Å². The largest absolute Gasteiger partial charge is 0.378 e. The molecule has 0 bridgehead atoms. The summed E-state index contributed by atoms with van der Waals surface area (Å²) in [6.45, 7) is 3.97. The van der Waals surface area contributed by atoms with Gasteiger partial charge in [0.25, 0.3) is 0 Å². The highest BCUT2D eigenvalue weighted by Gasteiger charge is 2.13. The minimum atomic E-state index is 0. The summed E-state index contributed by atoms with van der Waals surface area (Å²) >= 11 is 0. The zero-order valence-corrected chi connectivity index (χ0v) is 16.3. The first-order valence-corrected chi connectivity index (χ1v) is 9.03. The van der Waals surface area contributed by atoms with Gasteiger partial charge in [-0.25, -0.2) is 0 Å². The van der Waals surface area contributed by atoms with Crippen LogP contribution in [0.25, 0.3) is 0 Å². The standard InChI is InChI=1S/C17H33N3O.HI/c18-17(20-13-7-3-8-14-20)19-12-6-2-9-15-21-16-10-4-1-5-11-16;/h16H,1-15H2,(H2,18,19);1H. The van der Waals surface area contributed by atoms with E-state index < -0.39 is 0 Å². The van der Waals surface area contributed by atoms with Gasteiger partial charge in [0.15, 0.2) is 5.96 Å². The third-order valence-electron chi connectivity index (χ3n) is 4.66. The van der Waals surface area contributed by atoms with Gasteiger partial charge >= 0.3 is 0 Å². The Labute approximate surface area is 153 Å². The number of hydrogen-bond donors (Lipinski definition) is 1. The monoisotopic (exact) mass is 423 g/mol. The molecule has 4 nitrogen and oxygen atoms in total. The highest BCUT2D eigenvalue weighted by molar-refractivity contribution is 14.0. The van der Waals surface area contributed by atoms with Crippen LogP contribution in [0.3, 0.4) is 0 Å². The molecule has 130 valence electrons. The molecule has 1 aliphatic heterocycles. The normalized spacial score (nSPS) is 20.7. The predicted octanol–water partition coefficient (Wildman–Crippen LogP) is 3.92. The van der Waals surface area contributed by atoms with Crippen LogP contribution in [-0.4, -0.2) is 43.2 Å². The van der Waals surface area contributed by atoms with Gasteiger partial charge in [-0.3, -0.25) is 4.99 Å². The summed E-state index contributed by atoms with van der Waals surface area (Å²) in [5.74, 6) is 0.758. The molecule has 2 aliphatic rings. The van der Waals surface area contributed by atoms with Crippen molar-refractivity contribution in [2.75, 3.05) is 26.2 Å². The van der Waals surface area contributed by atoms with Crippen LogP contribution in [0.4, 0.5) is 0 Å². The van der Waals surface area contributed by atoms with Gasteiger partial charge < -0.3 is 15.4 Å². The van der Waals surface area contributed by atoms with E-state index in [-0.39, 0.29) is 24.0 Å². The van der Waals surface area contributed by atoms with Crippen molar-refractivity contribution < 1.29 is 4.74 Å². The van der Waals surface area contributed by atoms with Crippen molar-refractivity contribution in [1.82, 2.24) is 4.90 Å². The maximum absolute atomic E-state index is 6.04. The van der Waals surface area contributed by atoms with Crippen molar-refractivity contribution in [3.8, 4) is 0 Å². The van der Waals surface area contributed by atoms with Crippen LogP contribution in [0.1, 0.15) is 70.6 Å². The number of piperidine rings is 1. The molecule has 1 aliphatic carbocycles. The Morgan fingerprint density at radius 1 is 0.955 bits per heavy atom. The Morgan fingerprint density at radius 2 is 1.64 bits per heavy atom. The fourth-order valence-corrected chi connectivity index (χ4v) is 3.29. The van der Waals surface area contributed by atoms with Crippen molar-refractivity contribution in [2.24, 2.45) is 10.7 Å². The summed E-state index contributed by atoms with van der Waals surface area (Å²) in [5, 5.41) is 0. The number of halogens is 1. The van der Waals surface area contributed by atoms with Crippen molar-refractivity contribution >= 4 is 29.9 Å². The van der Waals surface area contributed by atoms with E-state index in [4.69, 9.17) is 10.5 Å². The van der Waals surface area contributed by atoms with Gasteiger partial charge in [0.2, 0.25) is 0 Å². The summed E-state index contributed by atoms with van der Waals surface area (Å²) in [4.78, 5) is 6.75. The summed E-state index contributed by atoms with van der Waals surface area (Å²) in [5.41, 5.74) is 6.04. The van der Waals surface area contributed by atoms with Crippen molar-refractivity contribution in [1.29, 1.82) is 0 Å². The highest BCUT2D eigenvalue weighted by atomic mass is 127. The molecule has 0 aromatic heterocycles. The number of guanidine groups is 1. The van der Waals surface area contributed by atoms with E-state index in [1.54, 1.807) is 0 Å². The molecule has 0 aromatic rings. The van der Waals surface area contributed by atoms with Gasteiger partial charge in [-0.15, -0.1) is 24.0 Å². The summed E-state index contributed by atoms with van der Waals surface area (Å²) in [7, 11) is 0. The molecule has 0 amide bonds. The zero-order chi connectivity index (χ0) is 14.8. The Balaban J connectivity index is 0.00000242. The van der Waals surface area contributed by atoms with E-state index in [0.717, 1.165) is 45.0 Å². The van der Waals surface area contributed by atoms with Crippen LogP contribution in [0.5, 0.6) is 0 Å². The topological polar surface area (TPSA) is 50.9 Å². The second-order valence-corrected chi connectivity index (χ2v) is 6.48. The lowest BCUT2D eigenvalue weighted by atomic mass is 9.98. The van der Waals surface area contributed by atoms with Gasteiger partial charge in [-0.05, 0) is 51.4 Å². The molecule has 5 heteroatoms. The molecule has 1 saturated heterocycles. The predicted molar refractivity (Wildman–Crippen MR) is 104 cm³/mol. The smallest absolute Gasteiger partial charge is 0.191 e. The number of hydrogen-bond acceptors (Lipinski definition) is 2. The highest BCUT2D eigenvalue weighted by Crippen LogP contribution is 2.20. The summed E-state index contributed by atoms with van der Waals surface area (Å²) in [6, 6.07) is 0. The molecule has 1 saturated carbocycles. The maximum Gasteiger partial charge on any atom is 0.191 e. The van der Waals surface area contributed by atoms with Gasteiger partial charge in [0.1, 0.15) is 0 Å². The molecule has 2 rings (SSSR count). The van der Waals surface area contributed by atoms with E-state index in [0.29, 0.717) is 6.10 Å². The quantitative estimate of drug-likeness (QED) is 0.292. The van der Waals surface area contributed by atoms with Crippen molar-refractivity contribution in [3.05, 3.63) is 0 Å². The second kappa shape index (κ2) is 12.4. The minimum Gasteiger partial charge on any atom is -0.378 e. The van der Waals surface area contributed by atoms with Crippen LogP contribution < -0.4 is 5.73 Å². The fraction of sp³-hybridized carbons (Fsp3) is 0.941. The van der Waals surface area contributed by atoms with Crippen molar-refractivity contribution in [3.63, 3.8) is 0 Å². The SMILES string of the molecule is I.NC(=NCCCCCOC1CCCCC1)N1CCCCC1. The second-order valence-electron chi connectivity index (χ2n) is 6.48. The zero-order valence-electron chi connectivity index (χ0n) is 14.0. The number of ether oxygens (including phenoxy) is 1. The average Bonchev–Trinajstić information content (AvgIpc) is 2.55. The lowest BCUT2D eigenvalue weighted by molar-refractivity contribution is 0.0264. The van der Waals surface area contributed by atoms with Gasteiger partial charge in [-0.1, -0.05) is 19.3 Å². The van der Waals surface area contributed by atoms with Gasteiger partial charge in [-0.2, -0.15) is 0 Å². The first kappa shape index (κ1) is 20.0. The first-order valence-electron chi connectivity index (χ1n) is 9.03. The molecule has 0 spiro atoms. The van der Waals surface area contributed by atoms with Gasteiger partial charge in [0.05, 0.1) is 6.10 Å². The number of likely N-dealkylation sites (tertiary alicyclic amines) is 1. The number of unbranched alkanes of at least 4 members (excludes halogenated alkanes) is 2. The molecule has 0 atom stereocenters. The Morgan fingerprint density at radius 3 is 2.36 bits per heavy atom. The van der Waals surface area contributed by atoms with E-state index in [1.807, 2.05) is 0 Å². The van der Waals surface area contributed by atoms with E-state index in [2.05, 4.69) is 9.89 Å². The third-order valence-corrected chi connectivity index (χ3v) is 4.66. The van der Waals surface area contributed by atoms with Crippen LogP contribution >= 0.6 is 24.0 Å². The lowest BCUT2D eigenvalue weighted by Gasteiger charge is -2.27. The summed E-state index contributed by atoms with van der Waals surface area (Å²) in [6.07, 6.45) is 14.6. The Bertz CT molecular complexity index is 300. The van der Waals surface area contributed by atoms with E-state index in [1.165, 1.54) is 57.8 Å². The minimum absolute atomic E-state index is 0. The first-order chi connectivity index (χ1) is 10.4. The van der Waals surface area contributed by atoms with Crippen LogP contribution in [0.15, 0.2) is 4.99 Å². The van der Waals surface area contributed by atoms with E-state index >= 15 is 0 Å². The van der Waals surface area contributed by atoms with E-state index in [9.17, 15) is 0 Å². The number of nitrogens with two attached hydrogens (primary N) is 1. The molecule has 22 heavy (non-hydrogen) atoms. The number of aliphatic imine (C=N–C) groups is 1. The molecule has 2 fully saturated rings. The van der Waals surface area contributed by atoms with Crippen molar-refractivity contribution in [2.45, 2.75) is 76.7 Å². The molecule has 0 radical (unpaired) electrons. The molecule has 2 N–H and O–H groups in total. The molecule has 0 unspecified atom stereocenters. The summed E-state index contributed by atoms with van der Waals surface area (Å²) < 4.78 is 5.94.